The molecule has 0 aliphatic carbocycles. The summed E-state index contributed by atoms with van der Waals surface area (Å²) in [5.41, 5.74) is 1.88. The lowest BCUT2D eigenvalue weighted by molar-refractivity contribution is 0.515. The summed E-state index contributed by atoms with van der Waals surface area (Å²) < 4.78 is 0. The second-order valence-electron chi connectivity index (χ2n) is 4.86. The summed E-state index contributed by atoms with van der Waals surface area (Å²) in [6.45, 7) is 6.16. The van der Waals surface area contributed by atoms with Gasteiger partial charge in [0.25, 0.3) is 0 Å². The standard InChI is InChI=1S/C13H17N3S/c1-13(2,3)16-12(17)15-11-6-4-10(5-7-11)8-9-14/h4-7H,8H2,1-3H3,(H2,15,16,17). The number of hydrogen-bond donors (Lipinski definition) is 2. The van der Waals surface area contributed by atoms with Gasteiger partial charge in [-0.15, -0.1) is 0 Å². The summed E-state index contributed by atoms with van der Waals surface area (Å²) >= 11 is 5.19. The van der Waals surface area contributed by atoms with Crippen molar-refractivity contribution < 1.29 is 0 Å². The molecule has 0 atom stereocenters. The van der Waals surface area contributed by atoms with Crippen molar-refractivity contribution in [2.24, 2.45) is 0 Å². The van der Waals surface area contributed by atoms with Crippen molar-refractivity contribution in [2.75, 3.05) is 5.32 Å². The third-order valence-electron chi connectivity index (χ3n) is 1.98. The van der Waals surface area contributed by atoms with E-state index in [-0.39, 0.29) is 5.54 Å². The van der Waals surface area contributed by atoms with Gasteiger partial charge in [0.15, 0.2) is 5.11 Å². The van der Waals surface area contributed by atoms with E-state index in [0.717, 1.165) is 11.3 Å². The monoisotopic (exact) mass is 247 g/mol. The second kappa shape index (κ2) is 5.65. The molecule has 0 radical (unpaired) electrons. The fourth-order valence-corrected chi connectivity index (χ4v) is 1.72. The third-order valence-corrected chi connectivity index (χ3v) is 2.19. The molecule has 1 rings (SSSR count). The maximum atomic E-state index is 8.57. The molecule has 0 aliphatic heterocycles. The lowest BCUT2D eigenvalue weighted by Gasteiger charge is -2.23. The van der Waals surface area contributed by atoms with E-state index in [2.05, 4.69) is 37.5 Å². The molecule has 0 aliphatic rings. The molecule has 0 fully saturated rings. The maximum Gasteiger partial charge on any atom is 0.171 e. The number of nitriles is 1. The number of thiocarbonyl (C=S) groups is 1. The Bertz CT molecular complexity index is 423. The fourth-order valence-electron chi connectivity index (χ4n) is 1.30. The average molecular weight is 247 g/mol. The molecule has 0 heterocycles. The smallest absolute Gasteiger partial charge is 0.171 e. The molecule has 1 aromatic carbocycles. The highest BCUT2D eigenvalue weighted by molar-refractivity contribution is 7.80. The zero-order valence-corrected chi connectivity index (χ0v) is 11.2. The largest absolute Gasteiger partial charge is 0.358 e. The van der Waals surface area contributed by atoms with Crippen molar-refractivity contribution >= 4 is 23.0 Å². The molecule has 0 bridgehead atoms. The van der Waals surface area contributed by atoms with Crippen molar-refractivity contribution in [3.8, 4) is 6.07 Å². The molecule has 90 valence electrons. The zero-order valence-electron chi connectivity index (χ0n) is 10.4. The Hall–Kier alpha value is -1.60. The van der Waals surface area contributed by atoms with E-state index < -0.39 is 0 Å². The van der Waals surface area contributed by atoms with Crippen LogP contribution < -0.4 is 10.6 Å². The zero-order chi connectivity index (χ0) is 12.9. The highest BCUT2D eigenvalue weighted by Crippen LogP contribution is 2.10. The Balaban J connectivity index is 2.58. The Morgan fingerprint density at radius 2 is 1.88 bits per heavy atom. The van der Waals surface area contributed by atoms with Crippen molar-refractivity contribution in [3.63, 3.8) is 0 Å². The van der Waals surface area contributed by atoms with Gasteiger partial charge in [-0.1, -0.05) is 12.1 Å². The first kappa shape index (κ1) is 13.5. The van der Waals surface area contributed by atoms with E-state index in [1.807, 2.05) is 24.3 Å². The lowest BCUT2D eigenvalue weighted by atomic mass is 10.1. The van der Waals surface area contributed by atoms with Gasteiger partial charge in [-0.2, -0.15) is 5.26 Å². The van der Waals surface area contributed by atoms with Crippen molar-refractivity contribution in [1.29, 1.82) is 5.26 Å². The molecule has 0 saturated heterocycles. The Morgan fingerprint density at radius 3 is 2.35 bits per heavy atom. The summed E-state index contributed by atoms with van der Waals surface area (Å²) in [6.07, 6.45) is 0.435. The minimum absolute atomic E-state index is 0.0508. The maximum absolute atomic E-state index is 8.57. The molecule has 4 heteroatoms. The Labute approximate surface area is 108 Å². The molecular weight excluding hydrogens is 230 g/mol. The van der Waals surface area contributed by atoms with Crippen LogP contribution in [0.25, 0.3) is 0 Å². The van der Waals surface area contributed by atoms with Crippen LogP contribution in [0.3, 0.4) is 0 Å². The summed E-state index contributed by atoms with van der Waals surface area (Å²) in [7, 11) is 0. The number of nitrogens with zero attached hydrogens (tertiary/aromatic N) is 1. The highest BCUT2D eigenvalue weighted by atomic mass is 32.1. The van der Waals surface area contributed by atoms with Crippen molar-refractivity contribution in [3.05, 3.63) is 29.8 Å². The predicted octanol–water partition coefficient (Wildman–Crippen LogP) is 2.84. The van der Waals surface area contributed by atoms with Crippen LogP contribution >= 0.6 is 12.2 Å². The average Bonchev–Trinajstić information content (AvgIpc) is 2.18. The normalized spacial score (nSPS) is 10.5. The number of hydrogen-bond acceptors (Lipinski definition) is 2. The van der Waals surface area contributed by atoms with E-state index in [1.54, 1.807) is 0 Å². The minimum atomic E-state index is -0.0508. The first-order valence-electron chi connectivity index (χ1n) is 5.46. The molecule has 17 heavy (non-hydrogen) atoms. The van der Waals surface area contributed by atoms with E-state index in [4.69, 9.17) is 17.5 Å². The van der Waals surface area contributed by atoms with Crippen LogP contribution in [0.2, 0.25) is 0 Å². The van der Waals surface area contributed by atoms with E-state index in [1.165, 1.54) is 0 Å². The quantitative estimate of drug-likeness (QED) is 0.789. The molecule has 0 unspecified atom stereocenters. The van der Waals surface area contributed by atoms with Gasteiger partial charge in [-0.3, -0.25) is 0 Å². The molecule has 0 saturated carbocycles. The van der Waals surface area contributed by atoms with Crippen LogP contribution in [0.5, 0.6) is 0 Å². The summed E-state index contributed by atoms with van der Waals surface area (Å²) in [6, 6.07) is 9.80. The molecule has 2 N–H and O–H groups in total. The van der Waals surface area contributed by atoms with Crippen LogP contribution in [0.1, 0.15) is 26.3 Å². The SMILES string of the molecule is CC(C)(C)NC(=S)Nc1ccc(CC#N)cc1. The van der Waals surface area contributed by atoms with Gasteiger partial charge in [0.1, 0.15) is 0 Å². The summed E-state index contributed by atoms with van der Waals surface area (Å²) in [4.78, 5) is 0. The highest BCUT2D eigenvalue weighted by Gasteiger charge is 2.10. The van der Waals surface area contributed by atoms with Gasteiger partial charge in [0.2, 0.25) is 0 Å². The van der Waals surface area contributed by atoms with Crippen LogP contribution in [0, 0.1) is 11.3 Å². The molecular formula is C13H17N3S. The predicted molar refractivity (Wildman–Crippen MR) is 74.9 cm³/mol. The second-order valence-corrected chi connectivity index (χ2v) is 5.27. The van der Waals surface area contributed by atoms with Crippen LogP contribution in [0.4, 0.5) is 5.69 Å². The molecule has 1 aromatic rings. The van der Waals surface area contributed by atoms with Crippen molar-refractivity contribution in [2.45, 2.75) is 32.7 Å². The summed E-state index contributed by atoms with van der Waals surface area (Å²) in [5, 5.41) is 15.4. The number of anilines is 1. The van der Waals surface area contributed by atoms with Gasteiger partial charge < -0.3 is 10.6 Å². The van der Waals surface area contributed by atoms with Crippen LogP contribution in [-0.2, 0) is 6.42 Å². The number of rotatable bonds is 2. The first-order chi connectivity index (χ1) is 7.90. The van der Waals surface area contributed by atoms with Gasteiger partial charge in [0.05, 0.1) is 12.5 Å². The van der Waals surface area contributed by atoms with E-state index >= 15 is 0 Å². The fraction of sp³-hybridized carbons (Fsp3) is 0.385. The van der Waals surface area contributed by atoms with Crippen molar-refractivity contribution in [1.82, 2.24) is 5.32 Å². The Kier molecular flexibility index (Phi) is 4.47. The topological polar surface area (TPSA) is 47.8 Å². The number of nitrogens with one attached hydrogen (secondary N) is 2. The van der Waals surface area contributed by atoms with Crippen LogP contribution in [-0.4, -0.2) is 10.7 Å². The Morgan fingerprint density at radius 1 is 1.29 bits per heavy atom. The molecule has 3 nitrogen and oxygen atoms in total. The van der Waals surface area contributed by atoms with Gasteiger partial charge >= 0.3 is 0 Å². The van der Waals surface area contributed by atoms with E-state index in [0.29, 0.717) is 11.5 Å². The summed E-state index contributed by atoms with van der Waals surface area (Å²) in [5.74, 6) is 0. The lowest BCUT2D eigenvalue weighted by Crippen LogP contribution is -2.42. The first-order valence-corrected chi connectivity index (χ1v) is 5.86. The minimum Gasteiger partial charge on any atom is -0.358 e. The number of benzene rings is 1. The third kappa shape index (κ3) is 5.32. The van der Waals surface area contributed by atoms with Crippen LogP contribution in [0.15, 0.2) is 24.3 Å². The van der Waals surface area contributed by atoms with Gasteiger partial charge in [0, 0.05) is 11.2 Å². The van der Waals surface area contributed by atoms with E-state index in [9.17, 15) is 0 Å². The van der Waals surface area contributed by atoms with Gasteiger partial charge in [-0.25, -0.2) is 0 Å². The molecule has 0 spiro atoms. The molecule has 0 aromatic heterocycles. The molecule has 0 amide bonds. The van der Waals surface area contributed by atoms with Gasteiger partial charge in [-0.05, 0) is 50.7 Å².